The largest absolute Gasteiger partial charge is 2.00 e. The number of aromatic nitrogens is 12. The van der Waals surface area contributed by atoms with Gasteiger partial charge in [0.2, 0.25) is 0 Å². The molecule has 14 aromatic rings. The van der Waals surface area contributed by atoms with E-state index in [2.05, 4.69) is 146 Å². The predicted molar refractivity (Wildman–Crippen MR) is 317 cm³/mol. The van der Waals surface area contributed by atoms with Gasteiger partial charge in [-0.15, -0.1) is 22.1 Å². The molecule has 0 atom stereocenters. The Kier molecular flexibility index (Phi) is 10.5. The van der Waals surface area contributed by atoms with Crippen molar-refractivity contribution in [3.05, 3.63) is 219 Å². The molecule has 378 valence electrons. The van der Waals surface area contributed by atoms with Crippen molar-refractivity contribution in [3.8, 4) is 90.6 Å². The normalized spacial score (nSPS) is 11.9. The minimum absolute atomic E-state index is 0. The molecule has 0 spiro atoms. The first-order valence-corrected chi connectivity index (χ1v) is 26.2. The van der Waals surface area contributed by atoms with Crippen molar-refractivity contribution in [2.24, 2.45) is 0 Å². The molecular weight excluding hydrogens is 1180 g/mol. The fourth-order valence-corrected chi connectivity index (χ4v) is 12.0. The van der Waals surface area contributed by atoms with Crippen molar-refractivity contribution >= 4 is 86.7 Å². The number of benzene rings is 8. The number of nitrogens with zero attached hydrogens (tertiary/aromatic N) is 12. The van der Waals surface area contributed by atoms with Gasteiger partial charge in [-0.2, -0.15) is 0 Å². The van der Waals surface area contributed by atoms with Crippen LogP contribution in [0, 0.1) is 0 Å². The molecule has 0 unspecified atom stereocenters. The van der Waals surface area contributed by atoms with Gasteiger partial charge in [0.05, 0.1) is 22.8 Å². The van der Waals surface area contributed by atoms with Crippen molar-refractivity contribution in [3.63, 3.8) is 0 Å². The quantitative estimate of drug-likeness (QED) is 0.165. The van der Waals surface area contributed by atoms with E-state index in [1.54, 1.807) is 49.6 Å². The van der Waals surface area contributed by atoms with Gasteiger partial charge in [-0.05, 0) is 137 Å². The second kappa shape index (κ2) is 18.3. The van der Waals surface area contributed by atoms with Crippen LogP contribution in [0.25, 0.3) is 177 Å². The molecule has 0 saturated heterocycles. The number of hydrogen-bond donors (Lipinski definition) is 0. The maximum absolute atomic E-state index is 5.92. The third-order valence-corrected chi connectivity index (χ3v) is 15.5. The molecule has 0 radical (unpaired) electrons. The molecule has 17 rings (SSSR count). The Balaban J connectivity index is 0.00000542. The summed E-state index contributed by atoms with van der Waals surface area (Å²) in [5, 5.41) is 11.7. The van der Waals surface area contributed by atoms with Gasteiger partial charge in [-0.25, -0.2) is 49.8 Å². The molecule has 13 heteroatoms. The van der Waals surface area contributed by atoms with Gasteiger partial charge in [0.15, 0.2) is 23.3 Å². The predicted octanol–water partition coefficient (Wildman–Crippen LogP) is 15.0. The van der Waals surface area contributed by atoms with Crippen LogP contribution in [0.15, 0.2) is 219 Å². The Morgan fingerprint density at radius 2 is 0.432 bits per heavy atom. The Bertz CT molecular complexity index is 4650. The van der Waals surface area contributed by atoms with Crippen LogP contribution in [0.1, 0.15) is 0 Å². The van der Waals surface area contributed by atoms with E-state index in [0.29, 0.717) is 90.4 Å². The Morgan fingerprint density at radius 1 is 0.235 bits per heavy atom. The SMILES string of the molecule is [Pt+2].c1cnc(-c2c3nc(c(-c4ncccn4)c4[n-]c(c(-c5ncccn5)c5nc(c(-c6ncccn6)c6[n-]c2c2cc7ccccc7cc62)-c2cc6ccccc6cc2-5)c2cc5ccccc5cc42)-c2cc4ccccc4cc2-3)nc1. The second-order valence-electron chi connectivity index (χ2n) is 20.0. The van der Waals surface area contributed by atoms with E-state index in [9.17, 15) is 0 Å². The summed E-state index contributed by atoms with van der Waals surface area (Å²) in [4.78, 5) is 64.1. The molecule has 0 N–H and O–H groups in total. The zero-order valence-corrected chi connectivity index (χ0v) is 44.7. The van der Waals surface area contributed by atoms with E-state index in [1.165, 1.54) is 0 Å². The molecule has 0 fully saturated rings. The molecule has 0 saturated carbocycles. The van der Waals surface area contributed by atoms with Crippen molar-refractivity contribution < 1.29 is 21.1 Å². The average Bonchev–Trinajstić information content (AvgIpc) is 3.97. The van der Waals surface area contributed by atoms with Crippen LogP contribution in [0.3, 0.4) is 0 Å². The van der Waals surface area contributed by atoms with Gasteiger partial charge in [-0.1, -0.05) is 97.1 Å². The second-order valence-corrected chi connectivity index (χ2v) is 20.0. The van der Waals surface area contributed by atoms with Crippen LogP contribution < -0.4 is 9.97 Å². The van der Waals surface area contributed by atoms with Crippen molar-refractivity contribution in [1.29, 1.82) is 0 Å². The van der Waals surface area contributed by atoms with Crippen molar-refractivity contribution in [2.45, 2.75) is 0 Å². The third kappa shape index (κ3) is 7.20. The van der Waals surface area contributed by atoms with E-state index >= 15 is 0 Å². The maximum Gasteiger partial charge on any atom is 2.00 e. The summed E-state index contributed by atoms with van der Waals surface area (Å²) < 4.78 is 0. The molecule has 3 aliphatic rings. The molecule has 1 aliphatic carbocycles. The van der Waals surface area contributed by atoms with Crippen LogP contribution in [0.4, 0.5) is 0 Å². The first-order valence-electron chi connectivity index (χ1n) is 26.2. The van der Waals surface area contributed by atoms with Crippen LogP contribution in [-0.2, 0) is 21.1 Å². The zero-order chi connectivity index (χ0) is 52.4. The fraction of sp³-hybridized carbons (Fsp3) is 0. The molecule has 2 aliphatic heterocycles. The van der Waals surface area contributed by atoms with Crippen LogP contribution >= 0.6 is 0 Å². The Labute approximate surface area is 474 Å². The molecular formula is C68H36N12Pt. The smallest absolute Gasteiger partial charge is 0.656 e. The number of fused-ring (bicyclic) bond motifs is 4. The van der Waals surface area contributed by atoms with Crippen LogP contribution in [0.5, 0.6) is 0 Å². The van der Waals surface area contributed by atoms with Crippen LogP contribution in [-0.4, -0.2) is 49.8 Å². The monoisotopic (exact) mass is 1220 g/mol. The average molecular weight is 1220 g/mol. The Hall–Kier alpha value is -10.6. The summed E-state index contributed by atoms with van der Waals surface area (Å²) in [6.45, 7) is 0. The summed E-state index contributed by atoms with van der Waals surface area (Å²) in [6.07, 6.45) is 14.1. The number of hydrogen-bond acceptors (Lipinski definition) is 10. The molecule has 6 aromatic heterocycles. The number of rotatable bonds is 4. The third-order valence-electron chi connectivity index (χ3n) is 15.5. The topological polar surface area (TPSA) is 157 Å². The van der Waals surface area contributed by atoms with Gasteiger partial charge in [0, 0.05) is 94.1 Å². The summed E-state index contributed by atoms with van der Waals surface area (Å²) in [7, 11) is 0. The van der Waals surface area contributed by atoms with E-state index in [1.807, 2.05) is 24.3 Å². The first kappa shape index (κ1) is 46.5. The summed E-state index contributed by atoms with van der Waals surface area (Å²) in [5.74, 6) is 1.78. The Morgan fingerprint density at radius 3 is 0.642 bits per heavy atom. The molecule has 8 aromatic carbocycles. The minimum atomic E-state index is 0. The van der Waals surface area contributed by atoms with E-state index in [0.717, 1.165) is 86.9 Å². The van der Waals surface area contributed by atoms with Gasteiger partial charge in [0.1, 0.15) is 0 Å². The summed E-state index contributed by atoms with van der Waals surface area (Å²) in [6, 6.07) is 58.6. The van der Waals surface area contributed by atoms with E-state index in [4.69, 9.17) is 59.8 Å². The summed E-state index contributed by atoms with van der Waals surface area (Å²) >= 11 is 0. The van der Waals surface area contributed by atoms with Gasteiger partial charge < -0.3 is 9.97 Å². The first-order chi connectivity index (χ1) is 39.7. The summed E-state index contributed by atoms with van der Waals surface area (Å²) in [5.41, 5.74) is 11.0. The van der Waals surface area contributed by atoms with Crippen molar-refractivity contribution in [1.82, 2.24) is 59.8 Å². The van der Waals surface area contributed by atoms with E-state index < -0.39 is 0 Å². The molecule has 8 bridgehead atoms. The molecule has 0 amide bonds. The van der Waals surface area contributed by atoms with Gasteiger partial charge >= 0.3 is 21.1 Å². The van der Waals surface area contributed by atoms with Crippen LogP contribution in [0.2, 0.25) is 0 Å². The minimum Gasteiger partial charge on any atom is -0.656 e. The van der Waals surface area contributed by atoms with Crippen molar-refractivity contribution in [2.75, 3.05) is 0 Å². The van der Waals surface area contributed by atoms with Gasteiger partial charge in [0.25, 0.3) is 0 Å². The van der Waals surface area contributed by atoms with Gasteiger partial charge in [-0.3, -0.25) is 0 Å². The maximum atomic E-state index is 5.92. The molecule has 12 nitrogen and oxygen atoms in total. The standard InChI is InChI=1S/C68H36N12.Pt/c1-2-14-38-30-46-45(29-37(38)13-1)57-53(65-69-21-9-22-70-65)59-47-31-39-15-3-4-16-40(39)32-48(47)61(78-59)55(67-73-25-11-26-74-67)63-51-35-43-19-7-8-20-44(43)36-52(51)64(80-63)56(68-75-27-12-28-76-68)62-50-34-42-18-6-5-17-41(42)33-49(50)60(79-62)54(58(46)77-57)66-71-23-10-24-72-66;/h1-36H;/q-2;+2. The molecule has 81 heavy (non-hydrogen) atoms. The molecule has 8 heterocycles. The fourth-order valence-electron chi connectivity index (χ4n) is 12.0. The zero-order valence-electron chi connectivity index (χ0n) is 42.5. The van der Waals surface area contributed by atoms with E-state index in [-0.39, 0.29) is 21.1 Å².